The van der Waals surface area contributed by atoms with Crippen LogP contribution in [0.2, 0.25) is 0 Å². The van der Waals surface area contributed by atoms with Gasteiger partial charge in [-0.2, -0.15) is 0 Å². The Kier molecular flexibility index (Phi) is 3.28. The normalized spacial score (nSPS) is 18.5. The molecule has 0 heterocycles. The van der Waals surface area contributed by atoms with Crippen molar-refractivity contribution in [3.63, 3.8) is 0 Å². The highest BCUT2D eigenvalue weighted by Crippen LogP contribution is 2.32. The molecular weight excluding hydrogens is 214 g/mol. The first-order valence-corrected chi connectivity index (χ1v) is 5.64. The van der Waals surface area contributed by atoms with Gasteiger partial charge in [-0.15, -0.1) is 0 Å². The number of rotatable bonds is 3. The van der Waals surface area contributed by atoms with Gasteiger partial charge in [-0.1, -0.05) is 36.4 Å². The van der Waals surface area contributed by atoms with E-state index in [0.717, 1.165) is 5.56 Å². The molecule has 1 atom stereocenters. The third-order valence-electron chi connectivity index (χ3n) is 2.74. The van der Waals surface area contributed by atoms with E-state index in [1.165, 1.54) is 0 Å². The molecule has 1 aliphatic carbocycles. The standard InChI is InChI=1S/C14H15NO2/c1-2-17-14(16)13-11(8-9-12(13)15)10-6-4-3-5-7-10/h3-9,11H,2,15H2,1H3/t11-/m1/s1. The van der Waals surface area contributed by atoms with Crippen LogP contribution in [-0.2, 0) is 9.53 Å². The quantitative estimate of drug-likeness (QED) is 0.808. The maximum absolute atomic E-state index is 11.8. The minimum absolute atomic E-state index is 0.0877. The number of carbonyl (C=O) groups excluding carboxylic acids is 1. The van der Waals surface area contributed by atoms with E-state index in [4.69, 9.17) is 10.5 Å². The van der Waals surface area contributed by atoms with Gasteiger partial charge in [-0.05, 0) is 18.6 Å². The summed E-state index contributed by atoms with van der Waals surface area (Å²) in [5.41, 5.74) is 7.92. The van der Waals surface area contributed by atoms with E-state index >= 15 is 0 Å². The Bertz CT molecular complexity index is 474. The van der Waals surface area contributed by atoms with E-state index in [1.807, 2.05) is 36.4 Å². The number of hydrogen-bond acceptors (Lipinski definition) is 3. The Morgan fingerprint density at radius 3 is 2.71 bits per heavy atom. The van der Waals surface area contributed by atoms with E-state index in [2.05, 4.69) is 0 Å². The lowest BCUT2D eigenvalue weighted by molar-refractivity contribution is -0.138. The molecule has 2 rings (SSSR count). The van der Waals surface area contributed by atoms with Crippen molar-refractivity contribution in [2.45, 2.75) is 12.8 Å². The highest BCUT2D eigenvalue weighted by Gasteiger charge is 2.27. The van der Waals surface area contributed by atoms with Crippen molar-refractivity contribution in [3.05, 3.63) is 59.3 Å². The molecule has 0 spiro atoms. The van der Waals surface area contributed by atoms with Crippen LogP contribution in [0.3, 0.4) is 0 Å². The second-order valence-electron chi connectivity index (χ2n) is 3.84. The molecule has 0 unspecified atom stereocenters. The highest BCUT2D eigenvalue weighted by atomic mass is 16.5. The van der Waals surface area contributed by atoms with Crippen LogP contribution in [0.5, 0.6) is 0 Å². The van der Waals surface area contributed by atoms with Crippen molar-refractivity contribution in [2.75, 3.05) is 6.61 Å². The van der Waals surface area contributed by atoms with Gasteiger partial charge in [0.25, 0.3) is 0 Å². The Morgan fingerprint density at radius 1 is 1.35 bits per heavy atom. The van der Waals surface area contributed by atoms with Crippen LogP contribution in [0.1, 0.15) is 18.4 Å². The fourth-order valence-corrected chi connectivity index (χ4v) is 1.96. The monoisotopic (exact) mass is 229 g/mol. The summed E-state index contributed by atoms with van der Waals surface area (Å²) >= 11 is 0. The minimum atomic E-state index is -0.330. The van der Waals surface area contributed by atoms with Gasteiger partial charge in [0.15, 0.2) is 0 Å². The molecule has 2 N–H and O–H groups in total. The lowest BCUT2D eigenvalue weighted by atomic mass is 9.93. The summed E-state index contributed by atoms with van der Waals surface area (Å²) in [6.07, 6.45) is 3.70. The Morgan fingerprint density at radius 2 is 2.06 bits per heavy atom. The fourth-order valence-electron chi connectivity index (χ4n) is 1.96. The van der Waals surface area contributed by atoms with Gasteiger partial charge in [0.2, 0.25) is 0 Å². The number of esters is 1. The molecule has 0 aromatic heterocycles. The minimum Gasteiger partial charge on any atom is -0.463 e. The summed E-state index contributed by atoms with van der Waals surface area (Å²) in [5.74, 6) is -0.417. The largest absolute Gasteiger partial charge is 0.463 e. The van der Waals surface area contributed by atoms with E-state index < -0.39 is 0 Å². The second-order valence-corrected chi connectivity index (χ2v) is 3.84. The van der Waals surface area contributed by atoms with Crippen molar-refractivity contribution in [1.29, 1.82) is 0 Å². The van der Waals surface area contributed by atoms with Crippen LogP contribution in [0.15, 0.2) is 53.8 Å². The Balaban J connectivity index is 2.31. The number of allylic oxidation sites excluding steroid dienone is 2. The predicted octanol–water partition coefficient (Wildman–Crippen LogP) is 2.12. The van der Waals surface area contributed by atoms with Crippen LogP contribution in [0, 0.1) is 0 Å². The van der Waals surface area contributed by atoms with Gasteiger partial charge in [0.1, 0.15) is 0 Å². The maximum atomic E-state index is 11.8. The molecular formula is C14H15NO2. The molecule has 1 aliphatic rings. The summed E-state index contributed by atoms with van der Waals surface area (Å²) in [6.45, 7) is 2.14. The summed E-state index contributed by atoms with van der Waals surface area (Å²) in [5, 5.41) is 0. The van der Waals surface area contributed by atoms with E-state index in [-0.39, 0.29) is 11.9 Å². The van der Waals surface area contributed by atoms with Crippen molar-refractivity contribution in [1.82, 2.24) is 0 Å². The van der Waals surface area contributed by atoms with Crippen LogP contribution >= 0.6 is 0 Å². The van der Waals surface area contributed by atoms with Gasteiger partial charge in [-0.25, -0.2) is 4.79 Å². The molecule has 0 bridgehead atoms. The average Bonchev–Trinajstić information content (AvgIpc) is 2.73. The highest BCUT2D eigenvalue weighted by molar-refractivity contribution is 5.93. The fraction of sp³-hybridized carbons (Fsp3) is 0.214. The smallest absolute Gasteiger partial charge is 0.337 e. The maximum Gasteiger partial charge on any atom is 0.337 e. The van der Waals surface area contributed by atoms with Crippen LogP contribution in [0.25, 0.3) is 0 Å². The molecule has 0 saturated heterocycles. The third-order valence-corrected chi connectivity index (χ3v) is 2.74. The zero-order valence-corrected chi connectivity index (χ0v) is 9.72. The van der Waals surface area contributed by atoms with Crippen LogP contribution in [-0.4, -0.2) is 12.6 Å². The van der Waals surface area contributed by atoms with Crippen molar-refractivity contribution < 1.29 is 9.53 Å². The lowest BCUT2D eigenvalue weighted by Crippen LogP contribution is -2.15. The molecule has 17 heavy (non-hydrogen) atoms. The summed E-state index contributed by atoms with van der Waals surface area (Å²) < 4.78 is 5.03. The number of carbonyl (C=O) groups is 1. The third kappa shape index (κ3) is 2.23. The van der Waals surface area contributed by atoms with Crippen LogP contribution in [0.4, 0.5) is 0 Å². The van der Waals surface area contributed by atoms with Crippen molar-refractivity contribution in [2.24, 2.45) is 5.73 Å². The number of hydrogen-bond donors (Lipinski definition) is 1. The average molecular weight is 229 g/mol. The Hall–Kier alpha value is -2.03. The molecule has 3 nitrogen and oxygen atoms in total. The number of ether oxygens (including phenoxy) is 1. The van der Waals surface area contributed by atoms with Gasteiger partial charge in [-0.3, -0.25) is 0 Å². The molecule has 0 radical (unpaired) electrons. The van der Waals surface area contributed by atoms with Gasteiger partial charge < -0.3 is 10.5 Å². The molecule has 3 heteroatoms. The van der Waals surface area contributed by atoms with Crippen LogP contribution < -0.4 is 5.73 Å². The molecule has 0 amide bonds. The van der Waals surface area contributed by atoms with E-state index in [1.54, 1.807) is 13.0 Å². The van der Waals surface area contributed by atoms with E-state index in [0.29, 0.717) is 17.9 Å². The molecule has 1 aromatic rings. The first kappa shape index (κ1) is 11.5. The van der Waals surface area contributed by atoms with Crippen molar-refractivity contribution >= 4 is 5.97 Å². The molecule has 0 fully saturated rings. The Labute approximate surface area is 101 Å². The molecule has 0 saturated carbocycles. The zero-order valence-electron chi connectivity index (χ0n) is 9.72. The predicted molar refractivity (Wildman–Crippen MR) is 66.2 cm³/mol. The first-order valence-electron chi connectivity index (χ1n) is 5.64. The number of benzene rings is 1. The van der Waals surface area contributed by atoms with Gasteiger partial charge in [0, 0.05) is 11.6 Å². The SMILES string of the molecule is CCOC(=O)C1=C(N)C=C[C@@H]1c1ccccc1. The molecule has 1 aromatic carbocycles. The van der Waals surface area contributed by atoms with Crippen molar-refractivity contribution in [3.8, 4) is 0 Å². The van der Waals surface area contributed by atoms with Gasteiger partial charge in [0.05, 0.1) is 12.2 Å². The zero-order chi connectivity index (χ0) is 12.3. The second kappa shape index (κ2) is 4.87. The summed E-state index contributed by atoms with van der Waals surface area (Å²) in [6, 6.07) is 9.79. The number of nitrogens with two attached hydrogens (primary N) is 1. The molecule has 88 valence electrons. The summed E-state index contributed by atoms with van der Waals surface area (Å²) in [4.78, 5) is 11.8. The molecule has 0 aliphatic heterocycles. The topological polar surface area (TPSA) is 52.3 Å². The first-order chi connectivity index (χ1) is 8.24. The van der Waals surface area contributed by atoms with E-state index in [9.17, 15) is 4.79 Å². The lowest BCUT2D eigenvalue weighted by Gasteiger charge is -2.13. The van der Waals surface area contributed by atoms with Gasteiger partial charge >= 0.3 is 5.97 Å². The summed E-state index contributed by atoms with van der Waals surface area (Å²) in [7, 11) is 0.